The molecule has 0 saturated carbocycles. The van der Waals surface area contributed by atoms with Gasteiger partial charge in [-0.05, 0) is 76.6 Å². The summed E-state index contributed by atoms with van der Waals surface area (Å²) in [6.45, 7) is 10.7. The van der Waals surface area contributed by atoms with Gasteiger partial charge < -0.3 is 9.47 Å². The molecule has 1 atom stereocenters. The van der Waals surface area contributed by atoms with Crippen molar-refractivity contribution in [1.82, 2.24) is 4.90 Å². The highest BCUT2D eigenvalue weighted by Gasteiger charge is 2.44. The minimum absolute atomic E-state index is 0.141. The van der Waals surface area contributed by atoms with Gasteiger partial charge in [0.15, 0.2) is 0 Å². The van der Waals surface area contributed by atoms with E-state index in [1.54, 1.807) is 26.8 Å². The zero-order valence-electron chi connectivity index (χ0n) is 20.8. The van der Waals surface area contributed by atoms with Crippen LogP contribution in [0.3, 0.4) is 0 Å². The van der Waals surface area contributed by atoms with Gasteiger partial charge in [0.05, 0.1) is 12.6 Å². The van der Waals surface area contributed by atoms with Crippen molar-refractivity contribution in [2.45, 2.75) is 52.0 Å². The Kier molecular flexibility index (Phi) is 6.60. The molecule has 8 heteroatoms. The molecule has 0 spiro atoms. The maximum Gasteiger partial charge on any atom is 0.413 e. The monoisotopic (exact) mass is 481 g/mol. The molecule has 2 aliphatic rings. The number of rotatable bonds is 4. The van der Waals surface area contributed by atoms with Crippen molar-refractivity contribution in [2.75, 3.05) is 29.5 Å². The highest BCUT2D eigenvalue weighted by atomic mass is 19.1. The first-order valence-corrected chi connectivity index (χ1v) is 11.7. The van der Waals surface area contributed by atoms with E-state index < -0.39 is 17.4 Å². The van der Waals surface area contributed by atoms with Gasteiger partial charge in [-0.15, -0.1) is 0 Å². The number of nitrogens with zero attached hydrogens (tertiary/aromatic N) is 3. The Morgan fingerprint density at radius 2 is 1.57 bits per heavy atom. The van der Waals surface area contributed by atoms with E-state index in [2.05, 4.69) is 0 Å². The zero-order valence-corrected chi connectivity index (χ0v) is 20.8. The summed E-state index contributed by atoms with van der Waals surface area (Å²) in [6, 6.07) is 13.2. The van der Waals surface area contributed by atoms with Gasteiger partial charge in [0.25, 0.3) is 0 Å². The molecule has 3 amide bonds. The summed E-state index contributed by atoms with van der Waals surface area (Å²) in [7, 11) is 0. The molecule has 2 aromatic carbocycles. The minimum Gasteiger partial charge on any atom is -0.444 e. The van der Waals surface area contributed by atoms with Crippen molar-refractivity contribution in [2.24, 2.45) is 0 Å². The van der Waals surface area contributed by atoms with Crippen LogP contribution in [-0.4, -0.2) is 54.1 Å². The number of carbonyl (C=O) groups excluding carboxylic acids is 2. The minimum atomic E-state index is -0.770. The number of hydrogen-bond donors (Lipinski definition) is 0. The van der Waals surface area contributed by atoms with Crippen LogP contribution in [0.1, 0.15) is 40.2 Å². The summed E-state index contributed by atoms with van der Waals surface area (Å²) in [5, 5.41) is 0. The van der Waals surface area contributed by atoms with Crippen molar-refractivity contribution >= 4 is 29.6 Å². The van der Waals surface area contributed by atoms with Crippen molar-refractivity contribution in [3.63, 3.8) is 0 Å². The Hall–Kier alpha value is -3.39. The Bertz CT molecular complexity index is 1110. The maximum absolute atomic E-state index is 13.2. The Morgan fingerprint density at radius 3 is 2.11 bits per heavy atom. The first-order chi connectivity index (χ1) is 16.4. The predicted molar refractivity (Wildman–Crippen MR) is 134 cm³/mol. The van der Waals surface area contributed by atoms with Crippen LogP contribution in [-0.2, 0) is 9.47 Å². The van der Waals surface area contributed by atoms with E-state index in [9.17, 15) is 14.0 Å². The lowest BCUT2D eigenvalue weighted by Crippen LogP contribution is -2.49. The Labute approximate surface area is 205 Å². The second-order valence-electron chi connectivity index (χ2n) is 10.2. The van der Waals surface area contributed by atoms with Crippen LogP contribution in [0.25, 0.3) is 6.08 Å². The Morgan fingerprint density at radius 1 is 1.03 bits per heavy atom. The van der Waals surface area contributed by atoms with Gasteiger partial charge in [0, 0.05) is 24.5 Å². The van der Waals surface area contributed by atoms with Crippen LogP contribution in [0, 0.1) is 5.82 Å². The summed E-state index contributed by atoms with van der Waals surface area (Å²) < 4.78 is 24.7. The summed E-state index contributed by atoms with van der Waals surface area (Å²) in [6.07, 6.45) is 3.46. The molecule has 0 aliphatic carbocycles. The number of hydrogen-bond acceptors (Lipinski definition) is 4. The van der Waals surface area contributed by atoms with Crippen LogP contribution < -0.4 is 9.80 Å². The van der Waals surface area contributed by atoms with Gasteiger partial charge in [-0.1, -0.05) is 24.3 Å². The van der Waals surface area contributed by atoms with E-state index in [0.29, 0.717) is 25.4 Å². The van der Waals surface area contributed by atoms with E-state index in [0.717, 1.165) is 11.3 Å². The van der Waals surface area contributed by atoms with Crippen LogP contribution >= 0.6 is 0 Å². The van der Waals surface area contributed by atoms with Gasteiger partial charge >= 0.3 is 12.1 Å². The molecular formula is C27H32FN3O4. The molecular weight excluding hydrogens is 449 g/mol. The molecule has 186 valence electrons. The quantitative estimate of drug-likeness (QED) is 0.566. The van der Waals surface area contributed by atoms with Gasteiger partial charge in [0.1, 0.15) is 17.1 Å². The topological polar surface area (TPSA) is 62.3 Å². The second kappa shape index (κ2) is 9.34. The van der Waals surface area contributed by atoms with Crippen LogP contribution in [0.4, 0.5) is 25.4 Å². The maximum atomic E-state index is 13.2. The van der Waals surface area contributed by atoms with Gasteiger partial charge in [-0.2, -0.15) is 0 Å². The number of benzene rings is 2. The molecule has 0 aromatic heterocycles. The molecule has 0 unspecified atom stereocenters. The number of carbonyl (C=O) groups is 2. The number of urea groups is 1. The Balaban J connectivity index is 1.43. The fourth-order valence-corrected chi connectivity index (χ4v) is 4.27. The summed E-state index contributed by atoms with van der Waals surface area (Å²) in [4.78, 5) is 30.7. The van der Waals surface area contributed by atoms with Crippen molar-refractivity contribution in [3.05, 3.63) is 66.0 Å². The highest BCUT2D eigenvalue weighted by Crippen LogP contribution is 2.31. The van der Waals surface area contributed by atoms with Crippen LogP contribution in [0.2, 0.25) is 0 Å². The molecule has 2 aromatic rings. The van der Waals surface area contributed by atoms with Crippen LogP contribution in [0.5, 0.6) is 0 Å². The average Bonchev–Trinajstić information content (AvgIpc) is 3.31. The van der Waals surface area contributed by atoms with Crippen molar-refractivity contribution < 1.29 is 23.5 Å². The largest absolute Gasteiger partial charge is 0.444 e. The molecule has 2 saturated heterocycles. The molecule has 7 nitrogen and oxygen atoms in total. The lowest BCUT2D eigenvalue weighted by Gasteiger charge is -2.34. The number of ether oxygens (including phenoxy) is 2. The average molecular weight is 482 g/mol. The smallest absolute Gasteiger partial charge is 0.413 e. The molecule has 2 fully saturated rings. The van der Waals surface area contributed by atoms with E-state index in [1.165, 1.54) is 12.1 Å². The molecule has 0 radical (unpaired) electrons. The standard InChI is InChI=1S/C27H32FN3O4/c1-26(2,3)35-25(33)31-23(18-34-27(31,4)5)13-8-19-6-11-21(12-7-19)29-16-17-30(24(29)32)22-14-9-20(28)10-15-22/h6-15,23H,16-18H2,1-5H3/t23-/m0/s1. The molecule has 0 N–H and O–H groups in total. The first kappa shape index (κ1) is 24.7. The van der Waals surface area contributed by atoms with Crippen molar-refractivity contribution in [1.29, 1.82) is 0 Å². The molecule has 4 rings (SSSR count). The summed E-state index contributed by atoms with van der Waals surface area (Å²) in [5.74, 6) is -0.331. The van der Waals surface area contributed by atoms with Gasteiger partial charge in [0.2, 0.25) is 0 Å². The summed E-state index contributed by atoms with van der Waals surface area (Å²) in [5.41, 5.74) is 1.03. The molecule has 2 aliphatic heterocycles. The number of amides is 3. The fraction of sp³-hybridized carbons (Fsp3) is 0.407. The summed E-state index contributed by atoms with van der Waals surface area (Å²) >= 11 is 0. The molecule has 2 heterocycles. The zero-order chi connectivity index (χ0) is 25.4. The second-order valence-corrected chi connectivity index (χ2v) is 10.2. The third-order valence-corrected chi connectivity index (χ3v) is 5.97. The number of anilines is 2. The number of halogens is 1. The van der Waals surface area contributed by atoms with E-state index in [4.69, 9.17) is 9.47 Å². The van der Waals surface area contributed by atoms with Crippen LogP contribution in [0.15, 0.2) is 54.6 Å². The SMILES string of the molecule is CC(C)(C)OC(=O)N1[C@@H](C=Cc2ccc(N3CCN(c4ccc(F)cc4)C3=O)cc2)COC1(C)C. The van der Waals surface area contributed by atoms with Crippen molar-refractivity contribution in [3.8, 4) is 0 Å². The van der Waals surface area contributed by atoms with E-state index >= 15 is 0 Å². The molecule has 35 heavy (non-hydrogen) atoms. The fourth-order valence-electron chi connectivity index (χ4n) is 4.27. The normalized spacial score (nSPS) is 20.2. The van der Waals surface area contributed by atoms with Gasteiger partial charge in [-0.25, -0.2) is 14.0 Å². The molecule has 0 bridgehead atoms. The lowest BCUT2D eigenvalue weighted by atomic mass is 10.1. The van der Waals surface area contributed by atoms with E-state index in [-0.39, 0.29) is 17.9 Å². The third kappa shape index (κ3) is 5.48. The third-order valence-electron chi connectivity index (χ3n) is 5.97. The van der Waals surface area contributed by atoms with E-state index in [1.807, 2.05) is 71.0 Å². The lowest BCUT2D eigenvalue weighted by molar-refractivity contribution is -0.0610. The predicted octanol–water partition coefficient (Wildman–Crippen LogP) is 5.66. The highest BCUT2D eigenvalue weighted by molar-refractivity contribution is 6.06. The van der Waals surface area contributed by atoms with Gasteiger partial charge in [-0.3, -0.25) is 14.7 Å². The first-order valence-electron chi connectivity index (χ1n) is 11.7.